The summed E-state index contributed by atoms with van der Waals surface area (Å²) in [7, 11) is 3.48. The highest BCUT2D eigenvalue weighted by atomic mass is 16.5. The molecule has 0 bridgehead atoms. The zero-order valence-corrected chi connectivity index (χ0v) is 10.5. The van der Waals surface area contributed by atoms with Crippen molar-refractivity contribution in [3.8, 4) is 5.75 Å². The Morgan fingerprint density at radius 2 is 2.12 bits per heavy atom. The highest BCUT2D eigenvalue weighted by molar-refractivity contribution is 5.28. The van der Waals surface area contributed by atoms with Crippen molar-refractivity contribution in [3.63, 3.8) is 0 Å². The Bertz CT molecular complexity index is 362. The zero-order valence-electron chi connectivity index (χ0n) is 10.5. The van der Waals surface area contributed by atoms with Crippen molar-refractivity contribution in [2.24, 2.45) is 0 Å². The monoisotopic (exact) mass is 236 g/mol. The second-order valence-electron chi connectivity index (χ2n) is 4.47. The van der Waals surface area contributed by atoms with E-state index >= 15 is 0 Å². The summed E-state index contributed by atoms with van der Waals surface area (Å²) in [6, 6.07) is 3.84. The first-order chi connectivity index (χ1) is 8.29. The molecule has 0 aliphatic carbocycles. The molecule has 0 atom stereocenters. The molecule has 1 aliphatic heterocycles. The molecule has 17 heavy (non-hydrogen) atoms. The Morgan fingerprint density at radius 1 is 1.35 bits per heavy atom. The third kappa shape index (κ3) is 2.76. The van der Waals surface area contributed by atoms with Gasteiger partial charge >= 0.3 is 0 Å². The van der Waals surface area contributed by atoms with Crippen molar-refractivity contribution in [2.45, 2.75) is 24.9 Å². The van der Waals surface area contributed by atoms with Gasteiger partial charge < -0.3 is 14.8 Å². The molecule has 0 amide bonds. The van der Waals surface area contributed by atoms with Crippen molar-refractivity contribution in [1.29, 1.82) is 0 Å². The van der Waals surface area contributed by atoms with Gasteiger partial charge in [-0.1, -0.05) is 0 Å². The molecule has 1 aromatic heterocycles. The van der Waals surface area contributed by atoms with E-state index in [2.05, 4.69) is 10.3 Å². The summed E-state index contributed by atoms with van der Waals surface area (Å²) in [6.07, 6.45) is 4.66. The van der Waals surface area contributed by atoms with E-state index in [0.717, 1.165) is 43.8 Å². The Morgan fingerprint density at radius 3 is 2.76 bits per heavy atom. The van der Waals surface area contributed by atoms with E-state index in [0.29, 0.717) is 0 Å². The van der Waals surface area contributed by atoms with Crippen LogP contribution in [0.15, 0.2) is 18.3 Å². The molecule has 2 heterocycles. The molecular weight excluding hydrogens is 216 g/mol. The molecule has 4 heteroatoms. The van der Waals surface area contributed by atoms with Gasteiger partial charge in [0, 0.05) is 19.7 Å². The number of rotatable bonds is 4. The molecule has 0 spiro atoms. The Hall–Kier alpha value is -1.13. The lowest BCUT2D eigenvalue weighted by molar-refractivity contribution is -0.0343. The summed E-state index contributed by atoms with van der Waals surface area (Å²) in [5.74, 6) is 0.849. The summed E-state index contributed by atoms with van der Waals surface area (Å²) in [4.78, 5) is 4.41. The van der Waals surface area contributed by atoms with E-state index in [1.165, 1.54) is 0 Å². The number of methoxy groups -OCH3 is 2. The van der Waals surface area contributed by atoms with Gasteiger partial charge in [0.25, 0.3) is 0 Å². The maximum atomic E-state index is 5.75. The van der Waals surface area contributed by atoms with Crippen LogP contribution in [-0.2, 0) is 11.2 Å². The zero-order chi connectivity index (χ0) is 12.1. The van der Waals surface area contributed by atoms with Crippen LogP contribution >= 0.6 is 0 Å². The van der Waals surface area contributed by atoms with Crippen molar-refractivity contribution >= 4 is 0 Å². The smallest absolute Gasteiger partial charge is 0.140 e. The van der Waals surface area contributed by atoms with Gasteiger partial charge in [0.1, 0.15) is 5.75 Å². The van der Waals surface area contributed by atoms with Crippen LogP contribution in [0.3, 0.4) is 0 Å². The van der Waals surface area contributed by atoms with Crippen LogP contribution in [0.1, 0.15) is 18.5 Å². The summed E-state index contributed by atoms with van der Waals surface area (Å²) in [6.45, 7) is 2.01. The fourth-order valence-electron chi connectivity index (χ4n) is 2.38. The average molecular weight is 236 g/mol. The van der Waals surface area contributed by atoms with E-state index < -0.39 is 0 Å². The van der Waals surface area contributed by atoms with Crippen molar-refractivity contribution in [2.75, 3.05) is 27.3 Å². The first kappa shape index (κ1) is 12.3. The summed E-state index contributed by atoms with van der Waals surface area (Å²) < 4.78 is 11.1. The number of hydrogen-bond acceptors (Lipinski definition) is 4. The van der Waals surface area contributed by atoms with E-state index in [1.54, 1.807) is 14.2 Å². The molecule has 1 N–H and O–H groups in total. The number of nitrogens with one attached hydrogen (secondary N) is 1. The van der Waals surface area contributed by atoms with E-state index in [4.69, 9.17) is 9.47 Å². The normalized spacial score (nSPS) is 18.9. The van der Waals surface area contributed by atoms with Gasteiger partial charge in [-0.05, 0) is 38.1 Å². The Kier molecular flexibility index (Phi) is 3.97. The Labute approximate surface area is 102 Å². The average Bonchev–Trinajstić information content (AvgIpc) is 2.40. The van der Waals surface area contributed by atoms with Gasteiger partial charge in [0.15, 0.2) is 0 Å². The quantitative estimate of drug-likeness (QED) is 0.858. The highest BCUT2D eigenvalue weighted by Gasteiger charge is 2.33. The number of piperidine rings is 1. The second-order valence-corrected chi connectivity index (χ2v) is 4.47. The highest BCUT2D eigenvalue weighted by Crippen LogP contribution is 2.29. The first-order valence-corrected chi connectivity index (χ1v) is 6.03. The maximum absolute atomic E-state index is 5.75. The molecule has 1 fully saturated rings. The van der Waals surface area contributed by atoms with E-state index in [-0.39, 0.29) is 5.60 Å². The van der Waals surface area contributed by atoms with E-state index in [9.17, 15) is 0 Å². The minimum absolute atomic E-state index is 0.0904. The molecule has 0 saturated carbocycles. The predicted molar refractivity (Wildman–Crippen MR) is 66.3 cm³/mol. The van der Waals surface area contributed by atoms with Crippen LogP contribution in [0.5, 0.6) is 5.75 Å². The van der Waals surface area contributed by atoms with E-state index in [1.807, 2.05) is 18.3 Å². The molecule has 2 rings (SSSR count). The minimum atomic E-state index is -0.0904. The maximum Gasteiger partial charge on any atom is 0.140 e. The number of hydrogen-bond donors (Lipinski definition) is 1. The lowest BCUT2D eigenvalue weighted by Crippen LogP contribution is -2.45. The molecule has 1 aromatic rings. The molecule has 0 unspecified atom stereocenters. The summed E-state index contributed by atoms with van der Waals surface area (Å²) in [5.41, 5.74) is 0.895. The van der Waals surface area contributed by atoms with Crippen molar-refractivity contribution in [1.82, 2.24) is 10.3 Å². The second kappa shape index (κ2) is 5.47. The number of aromatic nitrogens is 1. The van der Waals surface area contributed by atoms with Gasteiger partial charge in [-0.15, -0.1) is 0 Å². The third-order valence-corrected chi connectivity index (χ3v) is 3.51. The van der Waals surface area contributed by atoms with Crippen LogP contribution in [-0.4, -0.2) is 37.9 Å². The molecule has 1 aliphatic rings. The number of nitrogens with zero attached hydrogens (tertiary/aromatic N) is 1. The van der Waals surface area contributed by atoms with Gasteiger partial charge in [-0.25, -0.2) is 0 Å². The van der Waals surface area contributed by atoms with Crippen LogP contribution in [0.2, 0.25) is 0 Å². The standard InChI is InChI=1S/C13H20N2O2/c1-16-12-4-3-7-15-11(12)10-13(17-2)5-8-14-9-6-13/h3-4,7,14H,5-6,8-10H2,1-2H3. The first-order valence-electron chi connectivity index (χ1n) is 6.03. The molecule has 94 valence electrons. The largest absolute Gasteiger partial charge is 0.495 e. The van der Waals surface area contributed by atoms with Gasteiger partial charge in [-0.3, -0.25) is 4.98 Å². The molecule has 1 saturated heterocycles. The lowest BCUT2D eigenvalue weighted by Gasteiger charge is -2.36. The van der Waals surface area contributed by atoms with Crippen molar-refractivity contribution < 1.29 is 9.47 Å². The van der Waals surface area contributed by atoms with Crippen molar-refractivity contribution in [3.05, 3.63) is 24.0 Å². The van der Waals surface area contributed by atoms with Crippen LogP contribution in [0.4, 0.5) is 0 Å². The van der Waals surface area contributed by atoms with Gasteiger partial charge in [-0.2, -0.15) is 0 Å². The SMILES string of the molecule is COc1cccnc1CC1(OC)CCNCC1. The fourth-order valence-corrected chi connectivity index (χ4v) is 2.38. The number of ether oxygens (including phenoxy) is 2. The fraction of sp³-hybridized carbons (Fsp3) is 0.615. The predicted octanol–water partition coefficient (Wildman–Crippen LogP) is 1.40. The molecule has 0 aromatic carbocycles. The number of pyridine rings is 1. The topological polar surface area (TPSA) is 43.4 Å². The van der Waals surface area contributed by atoms with Crippen LogP contribution in [0, 0.1) is 0 Å². The summed E-state index contributed by atoms with van der Waals surface area (Å²) >= 11 is 0. The van der Waals surface area contributed by atoms with Gasteiger partial charge in [0.2, 0.25) is 0 Å². The van der Waals surface area contributed by atoms with Gasteiger partial charge in [0.05, 0.1) is 18.4 Å². The van der Waals surface area contributed by atoms with Crippen LogP contribution in [0.25, 0.3) is 0 Å². The molecular formula is C13H20N2O2. The molecule has 4 nitrogen and oxygen atoms in total. The molecule has 0 radical (unpaired) electrons. The third-order valence-electron chi connectivity index (χ3n) is 3.51. The van der Waals surface area contributed by atoms with Crippen LogP contribution < -0.4 is 10.1 Å². The lowest BCUT2D eigenvalue weighted by atomic mass is 9.87. The Balaban J connectivity index is 2.17. The summed E-state index contributed by atoms with van der Waals surface area (Å²) in [5, 5.41) is 3.36. The minimum Gasteiger partial charge on any atom is -0.495 e.